The van der Waals surface area contributed by atoms with Crippen LogP contribution in [0.25, 0.3) is 5.69 Å². The lowest BCUT2D eigenvalue weighted by molar-refractivity contribution is -0.109. The molecule has 2 heterocycles. The number of methoxy groups -OCH3 is 1. The molecule has 3 aromatic carbocycles. The first kappa shape index (κ1) is 23.6. The third kappa shape index (κ3) is 4.01. The van der Waals surface area contributed by atoms with Gasteiger partial charge in [-0.3, -0.25) is 14.9 Å². The molecule has 1 fully saturated rings. The molecular weight excluding hydrogens is 452 g/mol. The number of hydrazine groups is 1. The van der Waals surface area contributed by atoms with Crippen LogP contribution in [0.3, 0.4) is 0 Å². The van der Waals surface area contributed by atoms with Gasteiger partial charge >= 0.3 is 0 Å². The number of ether oxygens (including phenoxy) is 1. The molecule has 2 N–H and O–H groups in total. The van der Waals surface area contributed by atoms with Gasteiger partial charge in [0.1, 0.15) is 18.1 Å². The SMILES string of the molecule is COc1ccccc1N1NC(C)C(C(c2ccccc2)c2c(C)[nH]n(-c3ccccc3)c2=O)C1C=O. The minimum Gasteiger partial charge on any atom is -0.495 e. The number of aryl methyl sites for hydroxylation is 1. The fraction of sp³-hybridized carbons (Fsp3) is 0.241. The molecule has 0 spiro atoms. The lowest BCUT2D eigenvalue weighted by Crippen LogP contribution is -2.41. The first-order valence-corrected chi connectivity index (χ1v) is 12.1. The Kier molecular flexibility index (Phi) is 6.48. The van der Waals surface area contributed by atoms with Crippen molar-refractivity contribution in [3.05, 3.63) is 112 Å². The topological polar surface area (TPSA) is 79.4 Å². The quantitative estimate of drug-likeness (QED) is 0.386. The van der Waals surface area contributed by atoms with Gasteiger partial charge in [0, 0.05) is 29.1 Å². The molecule has 1 aliphatic heterocycles. The highest BCUT2D eigenvalue weighted by molar-refractivity contribution is 5.71. The Morgan fingerprint density at radius 2 is 1.58 bits per heavy atom. The monoisotopic (exact) mass is 482 g/mol. The number of H-pyrrole nitrogens is 1. The Labute approximate surface area is 210 Å². The van der Waals surface area contributed by atoms with Crippen molar-refractivity contribution in [2.75, 3.05) is 12.1 Å². The second kappa shape index (κ2) is 9.87. The van der Waals surface area contributed by atoms with Crippen LogP contribution >= 0.6 is 0 Å². The molecule has 1 aliphatic rings. The van der Waals surface area contributed by atoms with E-state index in [1.165, 1.54) is 0 Å². The van der Waals surface area contributed by atoms with Gasteiger partial charge in [0.15, 0.2) is 0 Å². The molecule has 4 atom stereocenters. The average molecular weight is 483 g/mol. The number of aromatic amines is 1. The van der Waals surface area contributed by atoms with Crippen molar-refractivity contribution in [2.45, 2.75) is 31.8 Å². The molecule has 5 rings (SSSR count). The molecule has 0 amide bonds. The van der Waals surface area contributed by atoms with Crippen LogP contribution in [0.15, 0.2) is 89.7 Å². The van der Waals surface area contributed by atoms with Crippen LogP contribution in [-0.2, 0) is 4.79 Å². The second-order valence-electron chi connectivity index (χ2n) is 9.18. The van der Waals surface area contributed by atoms with Crippen LogP contribution in [0.4, 0.5) is 5.69 Å². The molecule has 1 saturated heterocycles. The third-order valence-corrected chi connectivity index (χ3v) is 7.08. The first-order chi connectivity index (χ1) is 17.5. The minimum atomic E-state index is -0.527. The van der Waals surface area contributed by atoms with Gasteiger partial charge in [-0.15, -0.1) is 0 Å². The second-order valence-corrected chi connectivity index (χ2v) is 9.18. The highest BCUT2D eigenvalue weighted by atomic mass is 16.5. The highest BCUT2D eigenvalue weighted by Gasteiger charge is 2.47. The number of anilines is 1. The number of nitrogens with zero attached hydrogens (tertiary/aromatic N) is 2. The maximum absolute atomic E-state index is 13.9. The predicted molar refractivity (Wildman–Crippen MR) is 141 cm³/mol. The van der Waals surface area contributed by atoms with Gasteiger partial charge in [-0.05, 0) is 43.7 Å². The molecule has 7 nitrogen and oxygen atoms in total. The summed E-state index contributed by atoms with van der Waals surface area (Å²) in [6, 6.07) is 26.5. The summed E-state index contributed by atoms with van der Waals surface area (Å²) in [6.45, 7) is 3.98. The molecule has 7 heteroatoms. The summed E-state index contributed by atoms with van der Waals surface area (Å²) in [7, 11) is 1.62. The maximum atomic E-state index is 13.9. The van der Waals surface area contributed by atoms with Gasteiger partial charge in [0.05, 0.1) is 18.5 Å². The molecular formula is C29H30N4O3. The smallest absolute Gasteiger partial charge is 0.275 e. The number of benzene rings is 3. The van der Waals surface area contributed by atoms with Crippen LogP contribution in [-0.4, -0.2) is 35.3 Å². The molecule has 184 valence electrons. The predicted octanol–water partition coefficient (Wildman–Crippen LogP) is 4.21. The van der Waals surface area contributed by atoms with Gasteiger partial charge in [0.25, 0.3) is 5.56 Å². The first-order valence-electron chi connectivity index (χ1n) is 12.1. The molecule has 0 radical (unpaired) electrons. The van der Waals surface area contributed by atoms with E-state index >= 15 is 0 Å². The van der Waals surface area contributed by atoms with Crippen molar-refractivity contribution in [1.29, 1.82) is 0 Å². The lowest BCUT2D eigenvalue weighted by Gasteiger charge is -2.30. The zero-order chi connectivity index (χ0) is 25.2. The summed E-state index contributed by atoms with van der Waals surface area (Å²) in [5, 5.41) is 5.16. The normalized spacial score (nSPS) is 20.3. The van der Waals surface area contributed by atoms with E-state index < -0.39 is 6.04 Å². The Morgan fingerprint density at radius 3 is 2.25 bits per heavy atom. The van der Waals surface area contributed by atoms with Crippen molar-refractivity contribution < 1.29 is 9.53 Å². The van der Waals surface area contributed by atoms with E-state index in [1.54, 1.807) is 11.8 Å². The van der Waals surface area contributed by atoms with Crippen LogP contribution in [0.1, 0.15) is 29.7 Å². The number of nitrogens with one attached hydrogen (secondary N) is 2. The summed E-state index contributed by atoms with van der Waals surface area (Å²) >= 11 is 0. The average Bonchev–Trinajstić information content (AvgIpc) is 3.41. The fourth-order valence-corrected chi connectivity index (χ4v) is 5.48. The maximum Gasteiger partial charge on any atom is 0.275 e. The third-order valence-electron chi connectivity index (χ3n) is 7.08. The summed E-state index contributed by atoms with van der Waals surface area (Å²) < 4.78 is 7.17. The fourth-order valence-electron chi connectivity index (χ4n) is 5.48. The highest BCUT2D eigenvalue weighted by Crippen LogP contribution is 2.42. The number of hydrogen-bond acceptors (Lipinski definition) is 5. The van der Waals surface area contributed by atoms with Gasteiger partial charge in [-0.1, -0.05) is 60.7 Å². The molecule has 0 bridgehead atoms. The summed E-state index contributed by atoms with van der Waals surface area (Å²) in [5.74, 6) is 0.128. The van der Waals surface area contributed by atoms with Crippen molar-refractivity contribution >= 4 is 12.0 Å². The summed E-state index contributed by atoms with van der Waals surface area (Å²) in [5.41, 5.74) is 7.37. The van der Waals surface area contributed by atoms with E-state index in [1.807, 2.05) is 96.9 Å². The van der Waals surface area contributed by atoms with E-state index in [0.717, 1.165) is 28.9 Å². The number of carbonyl (C=O) groups is 1. The van der Waals surface area contributed by atoms with Gasteiger partial charge < -0.3 is 9.53 Å². The Hall–Kier alpha value is -4.10. The van der Waals surface area contributed by atoms with Gasteiger partial charge in [-0.25, -0.2) is 10.1 Å². The zero-order valence-corrected chi connectivity index (χ0v) is 20.6. The summed E-state index contributed by atoms with van der Waals surface area (Å²) in [6.07, 6.45) is 0.973. The van der Waals surface area contributed by atoms with Crippen molar-refractivity contribution in [1.82, 2.24) is 15.2 Å². The van der Waals surface area contributed by atoms with Crippen LogP contribution in [0.5, 0.6) is 5.75 Å². The van der Waals surface area contributed by atoms with Crippen LogP contribution in [0.2, 0.25) is 0 Å². The number of para-hydroxylation sites is 3. The Balaban J connectivity index is 1.66. The number of carbonyl (C=O) groups excluding carboxylic acids is 1. The number of hydrogen-bond donors (Lipinski definition) is 2. The Bertz CT molecular complexity index is 1400. The number of aldehydes is 1. The number of rotatable bonds is 7. The van der Waals surface area contributed by atoms with Gasteiger partial charge in [-0.2, -0.15) is 0 Å². The molecule has 36 heavy (non-hydrogen) atoms. The van der Waals surface area contributed by atoms with E-state index in [2.05, 4.69) is 17.4 Å². The van der Waals surface area contributed by atoms with E-state index in [0.29, 0.717) is 11.3 Å². The lowest BCUT2D eigenvalue weighted by atomic mass is 9.75. The van der Waals surface area contributed by atoms with Crippen molar-refractivity contribution in [3.63, 3.8) is 0 Å². The van der Waals surface area contributed by atoms with Crippen LogP contribution in [0, 0.1) is 12.8 Å². The Morgan fingerprint density at radius 1 is 0.944 bits per heavy atom. The van der Waals surface area contributed by atoms with E-state index in [9.17, 15) is 9.59 Å². The molecule has 1 aromatic heterocycles. The van der Waals surface area contributed by atoms with Crippen molar-refractivity contribution in [2.24, 2.45) is 5.92 Å². The standard InChI is InChI=1S/C29H30N4O3/c1-19-26(24(18-34)33(31-19)23-16-10-11-17-25(23)36-3)28(21-12-6-4-7-13-21)27-20(2)30-32(29(27)35)22-14-8-5-9-15-22/h4-19,24,26,28,30-31H,1-3H3. The summed E-state index contributed by atoms with van der Waals surface area (Å²) in [4.78, 5) is 26.6. The molecule has 4 unspecified atom stereocenters. The largest absolute Gasteiger partial charge is 0.495 e. The molecule has 4 aromatic rings. The molecule has 0 aliphatic carbocycles. The zero-order valence-electron chi connectivity index (χ0n) is 20.6. The minimum absolute atomic E-state index is 0.103. The van der Waals surface area contributed by atoms with Gasteiger partial charge in [0.2, 0.25) is 0 Å². The number of aromatic nitrogens is 2. The molecule has 0 saturated carbocycles. The van der Waals surface area contributed by atoms with E-state index in [4.69, 9.17) is 4.74 Å². The van der Waals surface area contributed by atoms with Crippen LogP contribution < -0.4 is 20.7 Å². The van der Waals surface area contributed by atoms with E-state index in [-0.39, 0.29) is 23.4 Å². The van der Waals surface area contributed by atoms with Crippen molar-refractivity contribution in [3.8, 4) is 11.4 Å².